The zero-order chi connectivity index (χ0) is 28.5. The molecule has 9 heteroatoms. The molecule has 0 spiro atoms. The van der Waals surface area contributed by atoms with Crippen LogP contribution in [-0.2, 0) is 9.59 Å². The minimum absolute atomic E-state index is 0.0584. The van der Waals surface area contributed by atoms with Crippen LogP contribution in [0.3, 0.4) is 0 Å². The van der Waals surface area contributed by atoms with Crippen LogP contribution in [0.2, 0.25) is 0 Å². The fourth-order valence-electron chi connectivity index (χ4n) is 4.77. The number of carbonyl (C=O) groups excluding carboxylic acids is 2. The molecule has 1 unspecified atom stereocenters. The summed E-state index contributed by atoms with van der Waals surface area (Å²) in [5.41, 5.74) is 1.51. The number of anilines is 1. The van der Waals surface area contributed by atoms with Gasteiger partial charge in [-0.2, -0.15) is 0 Å². The molecule has 1 amide bonds. The third-order valence-electron chi connectivity index (χ3n) is 6.73. The quantitative estimate of drug-likeness (QED) is 0.133. The predicted octanol–water partition coefficient (Wildman–Crippen LogP) is 6.73. The number of aromatic nitrogens is 1. The Balaban J connectivity index is 1.52. The van der Waals surface area contributed by atoms with Gasteiger partial charge in [-0.1, -0.05) is 53.8 Å². The lowest BCUT2D eigenvalue weighted by molar-refractivity contribution is -0.132. The Labute approximate surface area is 239 Å². The van der Waals surface area contributed by atoms with Gasteiger partial charge in [-0.25, -0.2) is 4.98 Å². The van der Waals surface area contributed by atoms with Crippen molar-refractivity contribution >= 4 is 44.1 Å². The first-order valence-electron chi connectivity index (χ1n) is 12.7. The summed E-state index contributed by atoms with van der Waals surface area (Å²) >= 11 is 1.26. The molecule has 1 fully saturated rings. The first-order chi connectivity index (χ1) is 20.0. The predicted molar refractivity (Wildman–Crippen MR) is 157 cm³/mol. The molecule has 41 heavy (non-hydrogen) atoms. The van der Waals surface area contributed by atoms with Gasteiger partial charge in [0.15, 0.2) is 5.13 Å². The molecule has 1 aliphatic rings. The van der Waals surface area contributed by atoms with Gasteiger partial charge in [0.2, 0.25) is 0 Å². The topological polar surface area (TPSA) is 98.2 Å². The van der Waals surface area contributed by atoms with Crippen LogP contribution in [0.1, 0.15) is 17.2 Å². The number of nitrogens with zero attached hydrogens (tertiary/aromatic N) is 2. The van der Waals surface area contributed by atoms with Crippen molar-refractivity contribution in [3.05, 3.63) is 114 Å². The molecule has 6 rings (SSSR count). The molecular weight excluding hydrogens is 540 g/mol. The van der Waals surface area contributed by atoms with Gasteiger partial charge in [0.1, 0.15) is 28.8 Å². The van der Waals surface area contributed by atoms with E-state index in [1.54, 1.807) is 67.8 Å². The van der Waals surface area contributed by atoms with Gasteiger partial charge in [0, 0.05) is 5.56 Å². The summed E-state index contributed by atoms with van der Waals surface area (Å²) in [7, 11) is 3.09. The molecule has 204 valence electrons. The summed E-state index contributed by atoms with van der Waals surface area (Å²) in [4.78, 5) is 33.3. The summed E-state index contributed by atoms with van der Waals surface area (Å²) in [5.74, 6) is 0.367. The maximum Gasteiger partial charge on any atom is 0.301 e. The number of rotatable bonds is 7. The number of para-hydroxylation sites is 1. The number of carbonyl (C=O) groups is 2. The number of aliphatic hydroxyl groups excluding tert-OH is 1. The van der Waals surface area contributed by atoms with Gasteiger partial charge in [0.05, 0.1) is 36.1 Å². The van der Waals surface area contributed by atoms with Crippen LogP contribution in [0.25, 0.3) is 16.0 Å². The molecule has 0 radical (unpaired) electrons. The zero-order valence-electron chi connectivity index (χ0n) is 22.1. The van der Waals surface area contributed by atoms with E-state index in [1.165, 1.54) is 23.3 Å². The van der Waals surface area contributed by atoms with Crippen molar-refractivity contribution in [2.75, 3.05) is 19.1 Å². The van der Waals surface area contributed by atoms with Crippen molar-refractivity contribution in [1.29, 1.82) is 0 Å². The van der Waals surface area contributed by atoms with Crippen LogP contribution in [0.4, 0.5) is 5.13 Å². The molecule has 1 aliphatic heterocycles. The number of thiazole rings is 1. The molecular formula is C32H24N2O6S. The fraction of sp³-hybridized carbons (Fsp3) is 0.0938. The van der Waals surface area contributed by atoms with E-state index in [1.807, 2.05) is 36.4 Å². The van der Waals surface area contributed by atoms with Gasteiger partial charge in [-0.05, 0) is 60.2 Å². The van der Waals surface area contributed by atoms with Crippen LogP contribution >= 0.6 is 11.3 Å². The van der Waals surface area contributed by atoms with Gasteiger partial charge in [-0.15, -0.1) is 0 Å². The Kier molecular flexibility index (Phi) is 6.86. The van der Waals surface area contributed by atoms with Crippen LogP contribution in [-0.4, -0.2) is 36.0 Å². The van der Waals surface area contributed by atoms with E-state index in [0.717, 1.165) is 4.70 Å². The normalized spacial score (nSPS) is 16.2. The van der Waals surface area contributed by atoms with E-state index >= 15 is 0 Å². The first-order valence-corrected chi connectivity index (χ1v) is 13.5. The molecule has 1 atom stereocenters. The second-order valence-corrected chi connectivity index (χ2v) is 10.2. The van der Waals surface area contributed by atoms with Crippen molar-refractivity contribution in [3.8, 4) is 23.0 Å². The first kappa shape index (κ1) is 26.1. The minimum Gasteiger partial charge on any atom is -0.507 e. The average Bonchev–Trinajstić information content (AvgIpc) is 3.54. The average molecular weight is 565 g/mol. The Bertz CT molecular complexity index is 1810. The maximum absolute atomic E-state index is 13.7. The van der Waals surface area contributed by atoms with Crippen molar-refractivity contribution in [2.45, 2.75) is 6.04 Å². The van der Waals surface area contributed by atoms with E-state index in [-0.39, 0.29) is 11.3 Å². The molecule has 0 saturated carbocycles. The third kappa shape index (κ3) is 4.87. The second kappa shape index (κ2) is 10.8. The second-order valence-electron chi connectivity index (χ2n) is 9.22. The van der Waals surface area contributed by atoms with E-state index in [2.05, 4.69) is 4.98 Å². The van der Waals surface area contributed by atoms with E-state index in [4.69, 9.17) is 14.2 Å². The monoisotopic (exact) mass is 564 g/mol. The molecule has 1 N–H and O–H groups in total. The Hall–Kier alpha value is -5.15. The number of ether oxygens (including phenoxy) is 3. The highest BCUT2D eigenvalue weighted by atomic mass is 32.1. The smallest absolute Gasteiger partial charge is 0.301 e. The number of aliphatic hydroxyl groups is 1. The lowest BCUT2D eigenvalue weighted by atomic mass is 9.95. The molecule has 0 aliphatic carbocycles. The van der Waals surface area contributed by atoms with Gasteiger partial charge < -0.3 is 19.3 Å². The number of amides is 1. The summed E-state index contributed by atoms with van der Waals surface area (Å²) < 4.78 is 17.5. The van der Waals surface area contributed by atoms with Crippen molar-refractivity contribution in [2.24, 2.45) is 0 Å². The lowest BCUT2D eigenvalue weighted by Crippen LogP contribution is -2.29. The highest BCUT2D eigenvalue weighted by Gasteiger charge is 2.48. The largest absolute Gasteiger partial charge is 0.507 e. The summed E-state index contributed by atoms with van der Waals surface area (Å²) in [6.45, 7) is 0. The van der Waals surface area contributed by atoms with Gasteiger partial charge in [-0.3, -0.25) is 14.5 Å². The number of fused-ring (bicyclic) bond motifs is 1. The third-order valence-corrected chi connectivity index (χ3v) is 7.75. The summed E-state index contributed by atoms with van der Waals surface area (Å²) in [6, 6.07) is 27.5. The van der Waals surface area contributed by atoms with E-state index < -0.39 is 17.7 Å². The van der Waals surface area contributed by atoms with Crippen LogP contribution in [0, 0.1) is 0 Å². The van der Waals surface area contributed by atoms with Crippen LogP contribution in [0.15, 0.2) is 103 Å². The number of benzene rings is 4. The number of Topliss-reactive ketones (excluding diaryl/α,β-unsaturated/α-hetero) is 1. The standard InChI is InChI=1S/C32H24N2O6S/c1-38-22-12-7-9-20(17-22)29(35)27-28(19-8-6-13-24(16-19)40-21-10-4-3-5-11-21)34(31(37)30(27)36)32-33-25-15-14-23(39-2)18-26(25)41-32/h3-18,28,35H,1-2H3/b29-27+. The van der Waals surface area contributed by atoms with Gasteiger partial charge >= 0.3 is 5.91 Å². The summed E-state index contributed by atoms with van der Waals surface area (Å²) in [6.07, 6.45) is 0. The van der Waals surface area contributed by atoms with Crippen molar-refractivity contribution in [3.63, 3.8) is 0 Å². The summed E-state index contributed by atoms with van der Waals surface area (Å²) in [5, 5.41) is 11.8. The minimum atomic E-state index is -0.969. The van der Waals surface area contributed by atoms with E-state index in [0.29, 0.717) is 44.8 Å². The highest BCUT2D eigenvalue weighted by molar-refractivity contribution is 7.22. The number of hydrogen-bond donors (Lipinski definition) is 1. The maximum atomic E-state index is 13.7. The number of hydrogen-bond acceptors (Lipinski definition) is 8. The highest BCUT2D eigenvalue weighted by Crippen LogP contribution is 2.45. The SMILES string of the molecule is COc1cccc(/C(O)=C2\C(=O)C(=O)N(c3nc4ccc(OC)cc4s3)C2c2cccc(Oc3ccccc3)c2)c1. The Morgan fingerprint density at radius 2 is 1.51 bits per heavy atom. The van der Waals surface area contributed by atoms with Crippen molar-refractivity contribution < 1.29 is 28.9 Å². The van der Waals surface area contributed by atoms with Crippen LogP contribution < -0.4 is 19.1 Å². The molecule has 1 saturated heterocycles. The molecule has 8 nitrogen and oxygen atoms in total. The fourth-order valence-corrected chi connectivity index (χ4v) is 5.79. The van der Waals surface area contributed by atoms with Gasteiger partial charge in [0.25, 0.3) is 5.78 Å². The molecule has 5 aromatic rings. The molecule has 0 bridgehead atoms. The molecule has 1 aromatic heterocycles. The molecule has 2 heterocycles. The van der Waals surface area contributed by atoms with Crippen molar-refractivity contribution in [1.82, 2.24) is 4.98 Å². The number of methoxy groups -OCH3 is 2. The lowest BCUT2D eigenvalue weighted by Gasteiger charge is -2.23. The Morgan fingerprint density at radius 1 is 0.805 bits per heavy atom. The number of ketones is 1. The van der Waals surface area contributed by atoms with Crippen LogP contribution in [0.5, 0.6) is 23.0 Å². The Morgan fingerprint density at radius 3 is 2.29 bits per heavy atom. The molecule has 4 aromatic carbocycles. The van der Waals surface area contributed by atoms with E-state index in [9.17, 15) is 14.7 Å². The zero-order valence-corrected chi connectivity index (χ0v) is 22.9.